The first-order valence-electron chi connectivity index (χ1n) is 9.00. The molecule has 1 amide bonds. The van der Waals surface area contributed by atoms with E-state index >= 15 is 0 Å². The number of hydrogen-bond donors (Lipinski definition) is 3. The van der Waals surface area contributed by atoms with Crippen molar-refractivity contribution < 1.29 is 9.90 Å². The lowest BCUT2D eigenvalue weighted by Crippen LogP contribution is -2.41. The minimum absolute atomic E-state index is 0.174. The lowest BCUT2D eigenvalue weighted by molar-refractivity contribution is 0.0930. The monoisotopic (exact) mass is 355 g/mol. The van der Waals surface area contributed by atoms with Gasteiger partial charge in [0.05, 0.1) is 5.56 Å². The van der Waals surface area contributed by atoms with Gasteiger partial charge in [-0.05, 0) is 37.4 Å². The zero-order chi connectivity index (χ0) is 18.2. The molecule has 1 fully saturated rings. The number of anilines is 2. The van der Waals surface area contributed by atoms with Gasteiger partial charge in [0.1, 0.15) is 0 Å². The second kappa shape index (κ2) is 9.26. The number of likely N-dealkylation sites (tertiary alicyclic amines) is 1. The van der Waals surface area contributed by atoms with Crippen LogP contribution in [-0.4, -0.2) is 58.7 Å². The van der Waals surface area contributed by atoms with Crippen LogP contribution in [0, 0.1) is 5.92 Å². The van der Waals surface area contributed by atoms with Crippen molar-refractivity contribution in [2.45, 2.75) is 12.8 Å². The molecule has 1 aliphatic rings. The molecule has 1 atom stereocenters. The van der Waals surface area contributed by atoms with Crippen LogP contribution in [0.3, 0.4) is 0 Å². The number of benzene rings is 1. The molecule has 1 aromatic carbocycles. The second-order valence-electron chi connectivity index (χ2n) is 6.53. The van der Waals surface area contributed by atoms with E-state index in [0.717, 1.165) is 38.2 Å². The van der Waals surface area contributed by atoms with E-state index in [0.29, 0.717) is 24.0 Å². The summed E-state index contributed by atoms with van der Waals surface area (Å²) in [6, 6.07) is 9.63. The highest BCUT2D eigenvalue weighted by Gasteiger charge is 2.18. The standard InChI is InChI=1S/C19H25N5O2/c25-14-15-5-4-9-24(13-15)10-8-20-18(26)16-11-21-19(22-12-16)23-17-6-2-1-3-7-17/h1-3,6-7,11-12,15,25H,4-5,8-10,13-14H2,(H,20,26)(H,21,22,23)/t15-/m1/s1. The Labute approximate surface area is 153 Å². The van der Waals surface area contributed by atoms with Crippen molar-refractivity contribution in [1.29, 1.82) is 0 Å². The summed E-state index contributed by atoms with van der Waals surface area (Å²) in [5, 5.41) is 15.3. The summed E-state index contributed by atoms with van der Waals surface area (Å²) < 4.78 is 0. The molecule has 0 unspecified atom stereocenters. The Morgan fingerprint density at radius 3 is 2.73 bits per heavy atom. The average Bonchev–Trinajstić information content (AvgIpc) is 2.69. The molecule has 7 heteroatoms. The van der Waals surface area contributed by atoms with Gasteiger partial charge in [-0.2, -0.15) is 0 Å². The second-order valence-corrected chi connectivity index (χ2v) is 6.53. The van der Waals surface area contributed by atoms with Crippen molar-refractivity contribution in [2.75, 3.05) is 38.1 Å². The minimum atomic E-state index is -0.174. The maximum absolute atomic E-state index is 12.2. The topological polar surface area (TPSA) is 90.4 Å². The number of aliphatic hydroxyl groups excluding tert-OH is 1. The third-order valence-electron chi connectivity index (χ3n) is 4.52. The Morgan fingerprint density at radius 1 is 1.23 bits per heavy atom. The van der Waals surface area contributed by atoms with Gasteiger partial charge in [-0.15, -0.1) is 0 Å². The minimum Gasteiger partial charge on any atom is -0.396 e. The predicted octanol–water partition coefficient (Wildman–Crippen LogP) is 1.65. The van der Waals surface area contributed by atoms with E-state index in [4.69, 9.17) is 0 Å². The SMILES string of the molecule is O=C(NCCN1CCC[C@@H](CO)C1)c1cnc(Nc2ccccc2)nc1. The summed E-state index contributed by atoms with van der Waals surface area (Å²) in [6.07, 6.45) is 5.23. The van der Waals surface area contributed by atoms with Crippen molar-refractivity contribution in [2.24, 2.45) is 5.92 Å². The van der Waals surface area contributed by atoms with Crippen LogP contribution in [0.15, 0.2) is 42.7 Å². The third-order valence-corrected chi connectivity index (χ3v) is 4.52. The molecule has 2 heterocycles. The number of aromatic nitrogens is 2. The van der Waals surface area contributed by atoms with Gasteiger partial charge in [-0.3, -0.25) is 4.79 Å². The molecule has 0 aliphatic carbocycles. The van der Waals surface area contributed by atoms with Crippen LogP contribution in [0.2, 0.25) is 0 Å². The molecule has 3 rings (SSSR count). The maximum Gasteiger partial charge on any atom is 0.254 e. The van der Waals surface area contributed by atoms with E-state index < -0.39 is 0 Å². The largest absolute Gasteiger partial charge is 0.396 e. The van der Waals surface area contributed by atoms with Crippen LogP contribution in [0.4, 0.5) is 11.6 Å². The molecule has 138 valence electrons. The number of rotatable bonds is 7. The molecule has 1 aromatic heterocycles. The fourth-order valence-corrected chi connectivity index (χ4v) is 3.09. The molecule has 2 aromatic rings. The summed E-state index contributed by atoms with van der Waals surface area (Å²) in [5.74, 6) is 0.639. The molecular formula is C19H25N5O2. The predicted molar refractivity (Wildman–Crippen MR) is 100 cm³/mol. The summed E-state index contributed by atoms with van der Waals surface area (Å²) in [6.45, 7) is 3.52. The molecule has 0 spiro atoms. The van der Waals surface area contributed by atoms with Crippen molar-refractivity contribution in [3.63, 3.8) is 0 Å². The highest BCUT2D eigenvalue weighted by Crippen LogP contribution is 2.15. The fourth-order valence-electron chi connectivity index (χ4n) is 3.09. The normalized spacial score (nSPS) is 17.7. The summed E-state index contributed by atoms with van der Waals surface area (Å²) in [4.78, 5) is 22.9. The van der Waals surface area contributed by atoms with Crippen LogP contribution in [0.25, 0.3) is 0 Å². The molecule has 3 N–H and O–H groups in total. The van der Waals surface area contributed by atoms with Gasteiger partial charge in [-0.1, -0.05) is 18.2 Å². The third kappa shape index (κ3) is 5.24. The van der Waals surface area contributed by atoms with E-state index in [9.17, 15) is 9.90 Å². The first kappa shape index (κ1) is 18.3. The number of hydrogen-bond acceptors (Lipinski definition) is 6. The lowest BCUT2D eigenvalue weighted by atomic mass is 9.99. The molecule has 0 bridgehead atoms. The molecule has 0 radical (unpaired) electrons. The molecule has 0 saturated carbocycles. The highest BCUT2D eigenvalue weighted by molar-refractivity contribution is 5.93. The summed E-state index contributed by atoms with van der Waals surface area (Å²) >= 11 is 0. The zero-order valence-electron chi connectivity index (χ0n) is 14.8. The first-order chi connectivity index (χ1) is 12.7. The summed E-state index contributed by atoms with van der Waals surface area (Å²) in [7, 11) is 0. The number of amides is 1. The Hall–Kier alpha value is -2.51. The van der Waals surface area contributed by atoms with Gasteiger partial charge < -0.3 is 20.6 Å². The zero-order valence-corrected chi connectivity index (χ0v) is 14.8. The number of carbonyl (C=O) groups is 1. The average molecular weight is 355 g/mol. The maximum atomic E-state index is 12.2. The van der Waals surface area contributed by atoms with Crippen molar-refractivity contribution in [3.05, 3.63) is 48.3 Å². The molecule has 1 aliphatic heterocycles. The van der Waals surface area contributed by atoms with E-state index in [1.807, 2.05) is 30.3 Å². The van der Waals surface area contributed by atoms with Crippen molar-refractivity contribution in [3.8, 4) is 0 Å². The lowest BCUT2D eigenvalue weighted by Gasteiger charge is -2.31. The highest BCUT2D eigenvalue weighted by atomic mass is 16.3. The van der Waals surface area contributed by atoms with Crippen LogP contribution in [0.1, 0.15) is 23.2 Å². The van der Waals surface area contributed by atoms with Gasteiger partial charge in [-0.25, -0.2) is 9.97 Å². The smallest absolute Gasteiger partial charge is 0.254 e. The van der Waals surface area contributed by atoms with Gasteiger partial charge in [0.15, 0.2) is 0 Å². The Morgan fingerprint density at radius 2 is 2.00 bits per heavy atom. The quantitative estimate of drug-likeness (QED) is 0.700. The number of para-hydroxylation sites is 1. The van der Waals surface area contributed by atoms with Crippen LogP contribution in [-0.2, 0) is 0 Å². The van der Waals surface area contributed by atoms with E-state index in [2.05, 4.69) is 25.5 Å². The van der Waals surface area contributed by atoms with Crippen LogP contribution >= 0.6 is 0 Å². The number of nitrogens with one attached hydrogen (secondary N) is 2. The number of carbonyl (C=O) groups excluding carboxylic acids is 1. The number of piperidine rings is 1. The van der Waals surface area contributed by atoms with E-state index in [1.54, 1.807) is 0 Å². The van der Waals surface area contributed by atoms with Crippen molar-refractivity contribution >= 4 is 17.5 Å². The number of nitrogens with zero attached hydrogens (tertiary/aromatic N) is 3. The molecular weight excluding hydrogens is 330 g/mol. The van der Waals surface area contributed by atoms with Crippen LogP contribution in [0.5, 0.6) is 0 Å². The van der Waals surface area contributed by atoms with E-state index in [1.165, 1.54) is 12.4 Å². The van der Waals surface area contributed by atoms with Crippen molar-refractivity contribution in [1.82, 2.24) is 20.2 Å². The van der Waals surface area contributed by atoms with Gasteiger partial charge in [0.25, 0.3) is 5.91 Å². The first-order valence-corrected chi connectivity index (χ1v) is 9.00. The van der Waals surface area contributed by atoms with Gasteiger partial charge in [0.2, 0.25) is 5.95 Å². The van der Waals surface area contributed by atoms with E-state index in [-0.39, 0.29) is 12.5 Å². The number of aliphatic hydroxyl groups is 1. The Balaban J connectivity index is 1.44. The summed E-state index contributed by atoms with van der Waals surface area (Å²) in [5.41, 5.74) is 1.34. The molecule has 26 heavy (non-hydrogen) atoms. The fraction of sp³-hybridized carbons (Fsp3) is 0.421. The Bertz CT molecular complexity index is 693. The van der Waals surface area contributed by atoms with Crippen LogP contribution < -0.4 is 10.6 Å². The Kier molecular flexibility index (Phi) is 6.51. The van der Waals surface area contributed by atoms with Gasteiger partial charge >= 0.3 is 0 Å². The molecule has 7 nitrogen and oxygen atoms in total. The van der Waals surface area contributed by atoms with Gasteiger partial charge in [0, 0.05) is 44.3 Å². The molecule has 1 saturated heterocycles.